The molecule has 0 saturated carbocycles. The highest BCUT2D eigenvalue weighted by Crippen LogP contribution is 2.29. The first kappa shape index (κ1) is 21.2. The Balaban J connectivity index is 1.79. The number of anilines is 1. The molecule has 0 radical (unpaired) electrons. The molecular formula is C21H21N5O3S2. The van der Waals surface area contributed by atoms with E-state index in [9.17, 15) is 13.2 Å². The predicted octanol–water partition coefficient (Wildman–Crippen LogP) is 3.90. The lowest BCUT2D eigenvalue weighted by atomic mass is 10.1. The van der Waals surface area contributed by atoms with Crippen molar-refractivity contribution in [2.45, 2.75) is 24.8 Å². The molecule has 3 aromatic heterocycles. The summed E-state index contributed by atoms with van der Waals surface area (Å²) in [5, 5.41) is 9.80. The minimum atomic E-state index is -3.62. The average molecular weight is 456 g/mol. The second kappa shape index (κ2) is 8.22. The molecule has 0 bridgehead atoms. The van der Waals surface area contributed by atoms with Crippen LogP contribution in [0.2, 0.25) is 0 Å². The third-order valence-corrected chi connectivity index (χ3v) is 7.05. The normalized spacial score (nSPS) is 11.9. The van der Waals surface area contributed by atoms with E-state index in [1.807, 2.05) is 31.4 Å². The number of rotatable bonds is 6. The SMILES string of the molecule is CNS(=O)(=O)c1cccc(NC(=O)c2cc(-c3cccs3)nc3c2cnn3C(C)C)c1. The Hall–Kier alpha value is -3.08. The highest BCUT2D eigenvalue weighted by Gasteiger charge is 2.20. The van der Waals surface area contributed by atoms with Gasteiger partial charge in [-0.3, -0.25) is 4.79 Å². The molecule has 0 atom stereocenters. The third-order valence-electron chi connectivity index (χ3n) is 4.75. The van der Waals surface area contributed by atoms with Crippen LogP contribution in [0.15, 0.2) is 58.9 Å². The Labute approximate surface area is 184 Å². The van der Waals surface area contributed by atoms with E-state index in [1.54, 1.807) is 29.1 Å². The average Bonchev–Trinajstić information content (AvgIpc) is 3.43. The first-order chi connectivity index (χ1) is 14.8. The summed E-state index contributed by atoms with van der Waals surface area (Å²) in [6, 6.07) is 11.8. The number of sulfonamides is 1. The molecule has 160 valence electrons. The number of aromatic nitrogens is 3. The molecule has 0 unspecified atom stereocenters. The topological polar surface area (TPSA) is 106 Å². The fourth-order valence-electron chi connectivity index (χ4n) is 3.19. The van der Waals surface area contributed by atoms with Crippen LogP contribution in [0, 0.1) is 0 Å². The summed E-state index contributed by atoms with van der Waals surface area (Å²) in [6.07, 6.45) is 1.64. The lowest BCUT2D eigenvalue weighted by molar-refractivity contribution is 0.102. The van der Waals surface area contributed by atoms with Crippen LogP contribution in [-0.4, -0.2) is 36.1 Å². The van der Waals surface area contributed by atoms with Crippen LogP contribution >= 0.6 is 11.3 Å². The molecular weight excluding hydrogens is 434 g/mol. The number of hydrogen-bond acceptors (Lipinski definition) is 6. The van der Waals surface area contributed by atoms with Crippen molar-refractivity contribution in [1.82, 2.24) is 19.5 Å². The smallest absolute Gasteiger partial charge is 0.256 e. The van der Waals surface area contributed by atoms with Gasteiger partial charge in [0.05, 0.1) is 32.6 Å². The molecule has 0 saturated heterocycles. The van der Waals surface area contributed by atoms with Gasteiger partial charge in [-0.1, -0.05) is 12.1 Å². The van der Waals surface area contributed by atoms with Crippen LogP contribution in [0.1, 0.15) is 30.2 Å². The van der Waals surface area contributed by atoms with Gasteiger partial charge in [0.15, 0.2) is 5.65 Å². The summed E-state index contributed by atoms with van der Waals surface area (Å²) in [5.41, 5.74) is 2.10. The van der Waals surface area contributed by atoms with Crippen molar-refractivity contribution in [3.63, 3.8) is 0 Å². The largest absolute Gasteiger partial charge is 0.322 e. The van der Waals surface area contributed by atoms with E-state index in [1.165, 1.54) is 30.5 Å². The third kappa shape index (κ3) is 4.09. The molecule has 0 aliphatic rings. The van der Waals surface area contributed by atoms with Gasteiger partial charge in [0, 0.05) is 11.7 Å². The monoisotopic (exact) mass is 455 g/mol. The molecule has 3 heterocycles. The van der Waals surface area contributed by atoms with Crippen LogP contribution in [0.4, 0.5) is 5.69 Å². The molecule has 2 N–H and O–H groups in total. The maximum Gasteiger partial charge on any atom is 0.256 e. The minimum absolute atomic E-state index is 0.0691. The summed E-state index contributed by atoms with van der Waals surface area (Å²) in [4.78, 5) is 19.0. The molecule has 0 aliphatic heterocycles. The van der Waals surface area contributed by atoms with Gasteiger partial charge >= 0.3 is 0 Å². The second-order valence-electron chi connectivity index (χ2n) is 7.14. The van der Waals surface area contributed by atoms with E-state index in [0.717, 1.165) is 4.88 Å². The van der Waals surface area contributed by atoms with Gasteiger partial charge in [0.25, 0.3) is 5.91 Å². The lowest BCUT2D eigenvalue weighted by Crippen LogP contribution is -2.19. The van der Waals surface area contributed by atoms with E-state index in [4.69, 9.17) is 4.98 Å². The maximum absolute atomic E-state index is 13.2. The first-order valence-electron chi connectivity index (χ1n) is 9.57. The molecule has 1 amide bonds. The zero-order valence-electron chi connectivity index (χ0n) is 17.2. The number of hydrogen-bond donors (Lipinski definition) is 2. The van der Waals surface area contributed by atoms with Crippen LogP contribution in [0.3, 0.4) is 0 Å². The van der Waals surface area contributed by atoms with Gasteiger partial charge in [-0.15, -0.1) is 11.3 Å². The molecule has 4 aromatic rings. The number of nitrogens with one attached hydrogen (secondary N) is 2. The number of nitrogens with zero attached hydrogens (tertiary/aromatic N) is 3. The zero-order chi connectivity index (χ0) is 22.2. The maximum atomic E-state index is 13.2. The first-order valence-corrected chi connectivity index (χ1v) is 11.9. The summed E-state index contributed by atoms with van der Waals surface area (Å²) < 4.78 is 28.2. The quantitative estimate of drug-likeness (QED) is 0.459. The van der Waals surface area contributed by atoms with E-state index in [0.29, 0.717) is 28.0 Å². The molecule has 0 spiro atoms. The van der Waals surface area contributed by atoms with Gasteiger partial charge in [0.2, 0.25) is 10.0 Å². The van der Waals surface area contributed by atoms with Crippen LogP contribution < -0.4 is 10.0 Å². The molecule has 4 rings (SSSR count). The number of benzene rings is 1. The van der Waals surface area contributed by atoms with Gasteiger partial charge in [-0.25, -0.2) is 22.8 Å². The van der Waals surface area contributed by atoms with Gasteiger partial charge in [0.1, 0.15) is 0 Å². The molecule has 31 heavy (non-hydrogen) atoms. The number of fused-ring (bicyclic) bond motifs is 1. The minimum Gasteiger partial charge on any atom is -0.322 e. The lowest BCUT2D eigenvalue weighted by Gasteiger charge is -2.11. The molecule has 0 aliphatic carbocycles. The predicted molar refractivity (Wildman–Crippen MR) is 122 cm³/mol. The zero-order valence-corrected chi connectivity index (χ0v) is 18.8. The Morgan fingerprint density at radius 1 is 1.16 bits per heavy atom. The Kier molecular flexibility index (Phi) is 5.61. The van der Waals surface area contributed by atoms with E-state index in [-0.39, 0.29) is 16.8 Å². The number of carbonyl (C=O) groups is 1. The van der Waals surface area contributed by atoms with Crippen molar-refractivity contribution >= 4 is 44.0 Å². The fourth-order valence-corrected chi connectivity index (χ4v) is 4.65. The molecule has 1 aromatic carbocycles. The summed E-state index contributed by atoms with van der Waals surface area (Å²) in [7, 11) is -2.28. The Bertz CT molecular complexity index is 1360. The molecule has 10 heteroatoms. The van der Waals surface area contributed by atoms with Gasteiger partial charge in [-0.2, -0.15) is 5.10 Å². The van der Waals surface area contributed by atoms with Crippen molar-refractivity contribution in [3.05, 3.63) is 59.6 Å². The van der Waals surface area contributed by atoms with Crippen molar-refractivity contribution < 1.29 is 13.2 Å². The van der Waals surface area contributed by atoms with Crippen LogP contribution in [0.5, 0.6) is 0 Å². The number of amides is 1. The van der Waals surface area contributed by atoms with Crippen LogP contribution in [-0.2, 0) is 10.0 Å². The number of pyridine rings is 1. The van der Waals surface area contributed by atoms with Crippen LogP contribution in [0.25, 0.3) is 21.6 Å². The van der Waals surface area contributed by atoms with Crippen molar-refractivity contribution in [1.29, 1.82) is 0 Å². The number of thiophene rings is 1. The summed E-state index contributed by atoms with van der Waals surface area (Å²) >= 11 is 1.54. The van der Waals surface area contributed by atoms with Crippen molar-refractivity contribution in [2.75, 3.05) is 12.4 Å². The Morgan fingerprint density at radius 2 is 1.97 bits per heavy atom. The highest BCUT2D eigenvalue weighted by molar-refractivity contribution is 7.89. The van der Waals surface area contributed by atoms with Gasteiger partial charge < -0.3 is 5.32 Å². The Morgan fingerprint density at radius 3 is 2.65 bits per heavy atom. The van der Waals surface area contributed by atoms with Crippen molar-refractivity contribution in [3.8, 4) is 10.6 Å². The fraction of sp³-hybridized carbons (Fsp3) is 0.190. The van der Waals surface area contributed by atoms with Gasteiger partial charge in [-0.05, 0) is 56.6 Å². The summed E-state index contributed by atoms with van der Waals surface area (Å²) in [6.45, 7) is 4.00. The van der Waals surface area contributed by atoms with E-state index >= 15 is 0 Å². The molecule has 8 nitrogen and oxygen atoms in total. The highest BCUT2D eigenvalue weighted by atomic mass is 32.2. The summed E-state index contributed by atoms with van der Waals surface area (Å²) in [5.74, 6) is -0.368. The second-order valence-corrected chi connectivity index (χ2v) is 9.98. The van der Waals surface area contributed by atoms with E-state index < -0.39 is 10.0 Å². The van der Waals surface area contributed by atoms with Crippen molar-refractivity contribution in [2.24, 2.45) is 0 Å². The standard InChI is InChI=1S/C21H21N5O3S2/c1-13(2)26-20-17(12-23-26)16(11-18(25-20)19-8-5-9-30-19)21(27)24-14-6-4-7-15(10-14)31(28,29)22-3/h4-13,22H,1-3H3,(H,24,27). The molecule has 0 fully saturated rings. The van der Waals surface area contributed by atoms with E-state index in [2.05, 4.69) is 15.1 Å². The number of carbonyl (C=O) groups excluding carboxylic acids is 1.